The minimum atomic E-state index is -0.148. The Balaban J connectivity index is 2.25. The third-order valence-corrected chi connectivity index (χ3v) is 2.72. The van der Waals surface area contributed by atoms with Gasteiger partial charge in [-0.1, -0.05) is 18.6 Å². The van der Waals surface area contributed by atoms with Gasteiger partial charge in [-0.2, -0.15) is 0 Å². The zero-order valence-corrected chi connectivity index (χ0v) is 8.79. The number of aliphatic hydroxyl groups is 1. The molecule has 2 nitrogen and oxygen atoms in total. The molecule has 13 heavy (non-hydrogen) atoms. The number of nitrogens with zero attached hydrogens (tertiary/aromatic N) is 1. The lowest BCUT2D eigenvalue weighted by Crippen LogP contribution is -2.28. The zero-order chi connectivity index (χ0) is 9.68. The van der Waals surface area contributed by atoms with Crippen molar-refractivity contribution in [2.45, 2.75) is 39.2 Å². The molecule has 0 radical (unpaired) electrons. The first-order valence-electron chi connectivity index (χ1n) is 5.30. The minimum Gasteiger partial charge on any atom is -0.393 e. The van der Waals surface area contributed by atoms with Gasteiger partial charge in [0.15, 0.2) is 0 Å². The van der Waals surface area contributed by atoms with Crippen LogP contribution in [-0.2, 0) is 0 Å². The normalized spacial score (nSPS) is 21.3. The van der Waals surface area contributed by atoms with E-state index in [4.69, 9.17) is 5.11 Å². The number of hydrogen-bond donors (Lipinski definition) is 1. The molecule has 76 valence electrons. The molecule has 0 aromatic carbocycles. The molecule has 0 aromatic heterocycles. The topological polar surface area (TPSA) is 23.5 Å². The molecule has 0 bridgehead atoms. The van der Waals surface area contributed by atoms with Gasteiger partial charge in [0.05, 0.1) is 6.10 Å². The van der Waals surface area contributed by atoms with E-state index in [1.54, 1.807) is 0 Å². The summed E-state index contributed by atoms with van der Waals surface area (Å²) in [6.45, 7) is 7.52. The second-order valence-corrected chi connectivity index (χ2v) is 3.89. The van der Waals surface area contributed by atoms with E-state index in [2.05, 4.69) is 17.9 Å². The smallest absolute Gasteiger partial charge is 0.0515 e. The number of rotatable bonds is 4. The van der Waals surface area contributed by atoms with Crippen LogP contribution in [0, 0.1) is 0 Å². The van der Waals surface area contributed by atoms with E-state index < -0.39 is 0 Å². The van der Waals surface area contributed by atoms with Crippen LogP contribution in [-0.4, -0.2) is 35.7 Å². The molecular formula is C11H21NO. The Morgan fingerprint density at radius 2 is 2.38 bits per heavy atom. The molecule has 1 atom stereocenters. The van der Waals surface area contributed by atoms with E-state index in [1.165, 1.54) is 18.5 Å². The van der Waals surface area contributed by atoms with Crippen LogP contribution in [0.25, 0.3) is 0 Å². The van der Waals surface area contributed by atoms with Gasteiger partial charge in [0.1, 0.15) is 0 Å². The predicted molar refractivity (Wildman–Crippen MR) is 55.7 cm³/mol. The minimum absolute atomic E-state index is 0.148. The van der Waals surface area contributed by atoms with Gasteiger partial charge in [-0.25, -0.2) is 0 Å². The molecule has 0 saturated heterocycles. The largest absolute Gasteiger partial charge is 0.393 e. The quantitative estimate of drug-likeness (QED) is 0.672. The first-order valence-corrected chi connectivity index (χ1v) is 5.30. The lowest BCUT2D eigenvalue weighted by atomic mass is 10.0. The molecule has 1 N–H and O–H groups in total. The van der Waals surface area contributed by atoms with Gasteiger partial charge in [-0.3, -0.25) is 4.90 Å². The summed E-state index contributed by atoms with van der Waals surface area (Å²) in [5, 5.41) is 9.14. The summed E-state index contributed by atoms with van der Waals surface area (Å²) in [5.41, 5.74) is 1.53. The van der Waals surface area contributed by atoms with Crippen LogP contribution in [0.2, 0.25) is 0 Å². The summed E-state index contributed by atoms with van der Waals surface area (Å²) in [5.74, 6) is 0. The van der Waals surface area contributed by atoms with Gasteiger partial charge in [0.2, 0.25) is 0 Å². The monoisotopic (exact) mass is 183 g/mol. The van der Waals surface area contributed by atoms with Gasteiger partial charge < -0.3 is 5.11 Å². The van der Waals surface area contributed by atoms with Crippen LogP contribution in [0.4, 0.5) is 0 Å². The van der Waals surface area contributed by atoms with Crippen LogP contribution in [0.5, 0.6) is 0 Å². The number of likely N-dealkylation sites (N-methyl/N-ethyl adjacent to an activating group) is 1. The third kappa shape index (κ3) is 3.92. The van der Waals surface area contributed by atoms with Gasteiger partial charge in [0.25, 0.3) is 0 Å². The fourth-order valence-corrected chi connectivity index (χ4v) is 1.66. The molecule has 0 aromatic rings. The Morgan fingerprint density at radius 1 is 1.62 bits per heavy atom. The molecule has 1 heterocycles. The maximum Gasteiger partial charge on any atom is 0.0515 e. The highest BCUT2D eigenvalue weighted by atomic mass is 16.3. The second kappa shape index (κ2) is 5.40. The maximum atomic E-state index is 9.14. The highest BCUT2D eigenvalue weighted by Gasteiger charge is 2.09. The van der Waals surface area contributed by atoms with E-state index in [1.807, 2.05) is 6.92 Å². The predicted octanol–water partition coefficient (Wildman–Crippen LogP) is 1.80. The summed E-state index contributed by atoms with van der Waals surface area (Å²) in [6.07, 6.45) is 5.37. The van der Waals surface area contributed by atoms with Crippen molar-refractivity contribution < 1.29 is 5.11 Å². The van der Waals surface area contributed by atoms with Crippen molar-refractivity contribution in [3.63, 3.8) is 0 Å². The molecule has 0 aliphatic carbocycles. The molecule has 0 amide bonds. The van der Waals surface area contributed by atoms with E-state index in [9.17, 15) is 0 Å². The van der Waals surface area contributed by atoms with Gasteiger partial charge >= 0.3 is 0 Å². The molecule has 0 fully saturated rings. The Kier molecular flexibility index (Phi) is 4.46. The maximum absolute atomic E-state index is 9.14. The lowest BCUT2D eigenvalue weighted by molar-refractivity contribution is 0.183. The summed E-state index contributed by atoms with van der Waals surface area (Å²) in [6, 6.07) is 0. The van der Waals surface area contributed by atoms with Crippen molar-refractivity contribution in [1.82, 2.24) is 4.90 Å². The van der Waals surface area contributed by atoms with Gasteiger partial charge in [-0.15, -0.1) is 0 Å². The summed E-state index contributed by atoms with van der Waals surface area (Å²) >= 11 is 0. The Morgan fingerprint density at radius 3 is 2.85 bits per heavy atom. The van der Waals surface area contributed by atoms with Crippen molar-refractivity contribution in [1.29, 1.82) is 0 Å². The highest BCUT2D eigenvalue weighted by molar-refractivity contribution is 5.07. The molecule has 2 heteroatoms. The van der Waals surface area contributed by atoms with Crippen LogP contribution in [0.1, 0.15) is 33.1 Å². The van der Waals surface area contributed by atoms with Gasteiger partial charge in [-0.05, 0) is 32.7 Å². The first-order chi connectivity index (χ1) is 6.22. The average Bonchev–Trinajstić information content (AvgIpc) is 2.15. The van der Waals surface area contributed by atoms with Gasteiger partial charge in [0, 0.05) is 13.1 Å². The van der Waals surface area contributed by atoms with Crippen molar-refractivity contribution in [3.8, 4) is 0 Å². The molecule has 1 aliphatic rings. The lowest BCUT2D eigenvalue weighted by Gasteiger charge is -2.24. The third-order valence-electron chi connectivity index (χ3n) is 2.72. The fourth-order valence-electron chi connectivity index (χ4n) is 1.66. The SMILES string of the molecule is CCN1CC=C(CCC(C)O)CC1. The van der Waals surface area contributed by atoms with Crippen LogP contribution >= 0.6 is 0 Å². The summed E-state index contributed by atoms with van der Waals surface area (Å²) < 4.78 is 0. The van der Waals surface area contributed by atoms with Crippen molar-refractivity contribution in [2.75, 3.05) is 19.6 Å². The van der Waals surface area contributed by atoms with Crippen molar-refractivity contribution in [3.05, 3.63) is 11.6 Å². The van der Waals surface area contributed by atoms with Crippen molar-refractivity contribution in [2.24, 2.45) is 0 Å². The molecule has 0 spiro atoms. The fraction of sp³-hybridized carbons (Fsp3) is 0.818. The summed E-state index contributed by atoms with van der Waals surface area (Å²) in [4.78, 5) is 2.44. The number of aliphatic hydroxyl groups excluding tert-OH is 1. The van der Waals surface area contributed by atoms with Crippen molar-refractivity contribution >= 4 is 0 Å². The molecule has 1 aliphatic heterocycles. The summed E-state index contributed by atoms with van der Waals surface area (Å²) in [7, 11) is 0. The van der Waals surface area contributed by atoms with E-state index in [0.29, 0.717) is 0 Å². The number of hydrogen-bond acceptors (Lipinski definition) is 2. The Hall–Kier alpha value is -0.340. The standard InChI is InChI=1S/C11H21NO/c1-3-12-8-6-11(7-9-12)5-4-10(2)13/h6,10,13H,3-5,7-9H2,1-2H3. The first kappa shape index (κ1) is 10.7. The Labute approximate surface area is 81.2 Å². The van der Waals surface area contributed by atoms with E-state index >= 15 is 0 Å². The molecule has 0 saturated carbocycles. The second-order valence-electron chi connectivity index (χ2n) is 3.89. The molecular weight excluding hydrogens is 162 g/mol. The van der Waals surface area contributed by atoms with Crippen LogP contribution in [0.3, 0.4) is 0 Å². The highest BCUT2D eigenvalue weighted by Crippen LogP contribution is 2.16. The molecule has 1 unspecified atom stereocenters. The average molecular weight is 183 g/mol. The van der Waals surface area contributed by atoms with E-state index in [0.717, 1.165) is 25.9 Å². The Bertz CT molecular complexity index is 175. The molecule has 1 rings (SSSR count). The van der Waals surface area contributed by atoms with E-state index in [-0.39, 0.29) is 6.10 Å². The zero-order valence-electron chi connectivity index (χ0n) is 8.79. The van der Waals surface area contributed by atoms with Crippen LogP contribution < -0.4 is 0 Å². The van der Waals surface area contributed by atoms with Crippen LogP contribution in [0.15, 0.2) is 11.6 Å².